The van der Waals surface area contributed by atoms with Crippen LogP contribution in [0.4, 0.5) is 0 Å². The summed E-state index contributed by atoms with van der Waals surface area (Å²) in [6.45, 7) is 3.98. The Balaban J connectivity index is 1.62. The van der Waals surface area contributed by atoms with Gasteiger partial charge in [0.2, 0.25) is 0 Å². The summed E-state index contributed by atoms with van der Waals surface area (Å²) >= 11 is 0. The third kappa shape index (κ3) is 4.38. The lowest BCUT2D eigenvalue weighted by Crippen LogP contribution is -2.37. The van der Waals surface area contributed by atoms with Crippen molar-refractivity contribution in [2.75, 3.05) is 20.1 Å². The quantitative estimate of drug-likeness (QED) is 0.914. The van der Waals surface area contributed by atoms with E-state index in [2.05, 4.69) is 21.9 Å². The standard InChI is InChI=1S/C20H26N4O2/c1-15-8-9-18(19(25)22-15)20(26)24-12-5-7-17(10-13-24)23(2)14-16-6-3-4-11-21-16/h3-4,6,8-9,11,17H,5,7,10,12-14H2,1-2H3,(H,22,25). The number of nitrogens with zero attached hydrogens (tertiary/aromatic N) is 3. The topological polar surface area (TPSA) is 69.3 Å². The zero-order chi connectivity index (χ0) is 18.5. The van der Waals surface area contributed by atoms with Crippen molar-refractivity contribution < 1.29 is 4.79 Å². The maximum Gasteiger partial charge on any atom is 0.260 e. The first-order chi connectivity index (χ1) is 12.5. The van der Waals surface area contributed by atoms with Gasteiger partial charge >= 0.3 is 0 Å². The first-order valence-electron chi connectivity index (χ1n) is 9.14. The van der Waals surface area contributed by atoms with Gasteiger partial charge in [-0.3, -0.25) is 19.5 Å². The molecular formula is C20H26N4O2. The SMILES string of the molecule is Cc1ccc(C(=O)N2CCCC(N(C)Cc3ccccn3)CC2)c(=O)[nH]1. The lowest BCUT2D eigenvalue weighted by molar-refractivity contribution is 0.0755. The highest BCUT2D eigenvalue weighted by atomic mass is 16.2. The summed E-state index contributed by atoms with van der Waals surface area (Å²) in [6.07, 6.45) is 4.69. The Morgan fingerprint density at radius 3 is 2.85 bits per heavy atom. The molecule has 2 aromatic rings. The maximum atomic E-state index is 12.7. The largest absolute Gasteiger partial charge is 0.338 e. The minimum atomic E-state index is -0.303. The van der Waals surface area contributed by atoms with Gasteiger partial charge in [-0.25, -0.2) is 0 Å². The smallest absolute Gasteiger partial charge is 0.260 e. The van der Waals surface area contributed by atoms with E-state index in [0.717, 1.165) is 37.2 Å². The van der Waals surface area contributed by atoms with E-state index in [1.54, 1.807) is 12.1 Å². The van der Waals surface area contributed by atoms with Gasteiger partial charge < -0.3 is 9.88 Å². The van der Waals surface area contributed by atoms with Crippen LogP contribution in [0.1, 0.15) is 41.0 Å². The van der Waals surface area contributed by atoms with Gasteiger partial charge in [0, 0.05) is 37.6 Å². The molecule has 0 aromatic carbocycles. The van der Waals surface area contributed by atoms with Gasteiger partial charge in [0.05, 0.1) is 5.69 Å². The van der Waals surface area contributed by atoms with Crippen LogP contribution in [-0.2, 0) is 6.54 Å². The number of hydrogen-bond donors (Lipinski definition) is 1. The summed E-state index contributed by atoms with van der Waals surface area (Å²) in [5.41, 5.74) is 1.75. The second-order valence-electron chi connectivity index (χ2n) is 7.00. The van der Waals surface area contributed by atoms with E-state index in [1.807, 2.05) is 36.2 Å². The van der Waals surface area contributed by atoms with E-state index < -0.39 is 0 Å². The summed E-state index contributed by atoms with van der Waals surface area (Å²) in [4.78, 5) is 36.0. The fraction of sp³-hybridized carbons (Fsp3) is 0.450. The van der Waals surface area contributed by atoms with E-state index in [1.165, 1.54) is 0 Å². The number of hydrogen-bond acceptors (Lipinski definition) is 4. The molecule has 1 N–H and O–H groups in total. The molecule has 6 nitrogen and oxygen atoms in total. The van der Waals surface area contributed by atoms with Crippen molar-refractivity contribution in [1.29, 1.82) is 0 Å². The minimum absolute atomic E-state index is 0.167. The molecule has 2 aromatic heterocycles. The third-order valence-electron chi connectivity index (χ3n) is 5.03. The first-order valence-corrected chi connectivity index (χ1v) is 9.14. The van der Waals surface area contributed by atoms with E-state index >= 15 is 0 Å². The van der Waals surface area contributed by atoms with Crippen molar-refractivity contribution in [3.8, 4) is 0 Å². The molecule has 1 atom stereocenters. The molecule has 0 bridgehead atoms. The summed E-state index contributed by atoms with van der Waals surface area (Å²) in [5.74, 6) is -0.167. The van der Waals surface area contributed by atoms with Crippen LogP contribution in [0.2, 0.25) is 0 Å². The van der Waals surface area contributed by atoms with Gasteiger partial charge in [-0.2, -0.15) is 0 Å². The van der Waals surface area contributed by atoms with Crippen LogP contribution in [0.25, 0.3) is 0 Å². The molecular weight excluding hydrogens is 328 g/mol. The molecule has 3 heterocycles. The number of carbonyl (C=O) groups is 1. The van der Waals surface area contributed by atoms with Crippen molar-refractivity contribution in [3.05, 3.63) is 63.8 Å². The fourth-order valence-corrected chi connectivity index (χ4v) is 3.51. The van der Waals surface area contributed by atoms with Crippen LogP contribution in [0.5, 0.6) is 0 Å². The highest BCUT2D eigenvalue weighted by Gasteiger charge is 2.25. The predicted octanol–water partition coefficient (Wildman–Crippen LogP) is 2.21. The number of nitrogens with one attached hydrogen (secondary N) is 1. The molecule has 1 unspecified atom stereocenters. The molecule has 1 saturated heterocycles. The average molecular weight is 354 g/mol. The Morgan fingerprint density at radius 2 is 2.12 bits per heavy atom. The summed E-state index contributed by atoms with van der Waals surface area (Å²) in [7, 11) is 2.11. The second-order valence-corrected chi connectivity index (χ2v) is 7.00. The number of rotatable bonds is 4. The number of aromatic amines is 1. The van der Waals surface area contributed by atoms with Crippen LogP contribution in [0.3, 0.4) is 0 Å². The molecule has 0 spiro atoms. The predicted molar refractivity (Wildman–Crippen MR) is 101 cm³/mol. The molecule has 0 aliphatic carbocycles. The lowest BCUT2D eigenvalue weighted by atomic mass is 10.1. The number of pyridine rings is 2. The van der Waals surface area contributed by atoms with Crippen LogP contribution in [0.15, 0.2) is 41.3 Å². The summed E-state index contributed by atoms with van der Waals surface area (Å²) in [6, 6.07) is 9.77. The Hall–Kier alpha value is -2.47. The van der Waals surface area contributed by atoms with Crippen LogP contribution in [0, 0.1) is 6.92 Å². The van der Waals surface area contributed by atoms with E-state index in [-0.39, 0.29) is 17.0 Å². The highest BCUT2D eigenvalue weighted by Crippen LogP contribution is 2.18. The van der Waals surface area contributed by atoms with Gasteiger partial charge in [0.15, 0.2) is 0 Å². The molecule has 0 radical (unpaired) electrons. The maximum absolute atomic E-state index is 12.7. The summed E-state index contributed by atoms with van der Waals surface area (Å²) < 4.78 is 0. The van der Waals surface area contributed by atoms with Gasteiger partial charge in [-0.1, -0.05) is 6.07 Å². The molecule has 1 amide bonds. The Kier molecular flexibility index (Phi) is 5.83. The fourth-order valence-electron chi connectivity index (χ4n) is 3.51. The molecule has 1 aliphatic heterocycles. The number of carbonyl (C=O) groups excluding carboxylic acids is 1. The number of likely N-dealkylation sites (tertiary alicyclic amines) is 1. The normalized spacial score (nSPS) is 18.0. The minimum Gasteiger partial charge on any atom is -0.338 e. The third-order valence-corrected chi connectivity index (χ3v) is 5.03. The van der Waals surface area contributed by atoms with Crippen molar-refractivity contribution in [3.63, 3.8) is 0 Å². The Bertz CT molecular complexity index is 803. The zero-order valence-electron chi connectivity index (χ0n) is 15.4. The highest BCUT2D eigenvalue weighted by molar-refractivity contribution is 5.93. The number of H-pyrrole nitrogens is 1. The molecule has 1 fully saturated rings. The van der Waals surface area contributed by atoms with Crippen molar-refractivity contribution in [2.24, 2.45) is 0 Å². The van der Waals surface area contributed by atoms with Crippen molar-refractivity contribution >= 4 is 5.91 Å². The Labute approximate surface area is 153 Å². The molecule has 26 heavy (non-hydrogen) atoms. The van der Waals surface area contributed by atoms with E-state index in [4.69, 9.17) is 0 Å². The number of amides is 1. The van der Waals surface area contributed by atoms with Crippen LogP contribution in [-0.4, -0.2) is 51.9 Å². The lowest BCUT2D eigenvalue weighted by Gasteiger charge is -2.27. The van der Waals surface area contributed by atoms with Crippen LogP contribution >= 0.6 is 0 Å². The Morgan fingerprint density at radius 1 is 1.27 bits per heavy atom. The average Bonchev–Trinajstić information content (AvgIpc) is 2.88. The molecule has 1 aliphatic rings. The molecule has 3 rings (SSSR count). The van der Waals surface area contributed by atoms with Gasteiger partial charge in [0.25, 0.3) is 11.5 Å². The second kappa shape index (κ2) is 8.27. The molecule has 0 saturated carbocycles. The van der Waals surface area contributed by atoms with Gasteiger partial charge in [-0.05, 0) is 57.5 Å². The van der Waals surface area contributed by atoms with Gasteiger partial charge in [-0.15, -0.1) is 0 Å². The zero-order valence-corrected chi connectivity index (χ0v) is 15.4. The van der Waals surface area contributed by atoms with E-state index in [9.17, 15) is 9.59 Å². The molecule has 138 valence electrons. The van der Waals surface area contributed by atoms with Gasteiger partial charge in [0.1, 0.15) is 5.56 Å². The van der Waals surface area contributed by atoms with Crippen molar-refractivity contribution in [2.45, 2.75) is 38.8 Å². The van der Waals surface area contributed by atoms with Crippen molar-refractivity contribution in [1.82, 2.24) is 19.8 Å². The summed E-state index contributed by atoms with van der Waals surface area (Å²) in [5, 5.41) is 0. The van der Waals surface area contributed by atoms with E-state index in [0.29, 0.717) is 19.1 Å². The monoisotopic (exact) mass is 354 g/mol. The van der Waals surface area contributed by atoms with Crippen LogP contribution < -0.4 is 5.56 Å². The first kappa shape index (κ1) is 18.3. The molecule has 6 heteroatoms. The number of aryl methyl sites for hydroxylation is 1. The number of aromatic nitrogens is 2.